The van der Waals surface area contributed by atoms with Crippen molar-refractivity contribution in [3.05, 3.63) is 71.9 Å². The first-order valence-corrected chi connectivity index (χ1v) is 9.93. The lowest BCUT2D eigenvalue weighted by atomic mass is 10.0. The smallest absolute Gasteiger partial charge is 0.256 e. The number of hydrogen-bond donors (Lipinski definition) is 0. The summed E-state index contributed by atoms with van der Waals surface area (Å²) >= 11 is 0. The van der Waals surface area contributed by atoms with Crippen LogP contribution in [0.1, 0.15) is 28.8 Å². The van der Waals surface area contributed by atoms with E-state index < -0.39 is 5.79 Å². The van der Waals surface area contributed by atoms with E-state index in [0.29, 0.717) is 26.3 Å². The van der Waals surface area contributed by atoms with Gasteiger partial charge < -0.3 is 18.9 Å². The quantitative estimate of drug-likeness (QED) is 0.701. The summed E-state index contributed by atoms with van der Waals surface area (Å²) in [6.07, 6.45) is 3.48. The molecule has 0 bridgehead atoms. The fourth-order valence-electron chi connectivity index (χ4n) is 4.33. The maximum Gasteiger partial charge on any atom is 0.256 e. The number of carbonyl (C=O) groups excluding carboxylic acids is 1. The maximum atomic E-state index is 13.3. The van der Waals surface area contributed by atoms with Crippen molar-refractivity contribution in [3.63, 3.8) is 0 Å². The Morgan fingerprint density at radius 2 is 1.61 bits per heavy atom. The molecular weight excluding hydrogens is 352 g/mol. The van der Waals surface area contributed by atoms with Crippen molar-refractivity contribution in [2.75, 3.05) is 26.3 Å². The van der Waals surface area contributed by atoms with Gasteiger partial charge in [0.25, 0.3) is 5.91 Å². The summed E-state index contributed by atoms with van der Waals surface area (Å²) in [6, 6.07) is 18.5. The third-order valence-corrected chi connectivity index (χ3v) is 5.84. The number of amides is 1. The summed E-state index contributed by atoms with van der Waals surface area (Å²) in [6.45, 7) is 3.38. The molecule has 1 spiro atoms. The van der Waals surface area contributed by atoms with E-state index in [2.05, 4.69) is 22.8 Å². The molecule has 0 aliphatic carbocycles. The van der Waals surface area contributed by atoms with Crippen molar-refractivity contribution < 1.29 is 14.3 Å². The van der Waals surface area contributed by atoms with Gasteiger partial charge in [-0.3, -0.25) is 4.79 Å². The van der Waals surface area contributed by atoms with Gasteiger partial charge in [-0.15, -0.1) is 0 Å². The van der Waals surface area contributed by atoms with Crippen molar-refractivity contribution in [2.24, 2.45) is 0 Å². The molecule has 0 radical (unpaired) electrons. The predicted molar refractivity (Wildman–Crippen MR) is 107 cm³/mol. The number of aromatic nitrogens is 1. The van der Waals surface area contributed by atoms with Gasteiger partial charge >= 0.3 is 0 Å². The van der Waals surface area contributed by atoms with Crippen molar-refractivity contribution in [3.8, 4) is 0 Å². The minimum absolute atomic E-state index is 0.0934. The van der Waals surface area contributed by atoms with Gasteiger partial charge in [-0.2, -0.15) is 0 Å². The van der Waals surface area contributed by atoms with E-state index >= 15 is 0 Å². The monoisotopic (exact) mass is 376 g/mol. The normalized spacial score (nSPS) is 18.8. The lowest BCUT2D eigenvalue weighted by Crippen LogP contribution is -2.47. The first kappa shape index (κ1) is 17.5. The van der Waals surface area contributed by atoms with Crippen LogP contribution >= 0.6 is 0 Å². The van der Waals surface area contributed by atoms with Crippen LogP contribution < -0.4 is 0 Å². The molecule has 5 nitrogen and oxygen atoms in total. The van der Waals surface area contributed by atoms with Crippen LogP contribution in [0.4, 0.5) is 0 Å². The highest BCUT2D eigenvalue weighted by atomic mass is 16.7. The molecule has 2 aliphatic heterocycles. The van der Waals surface area contributed by atoms with Crippen LogP contribution in [0.25, 0.3) is 10.9 Å². The average Bonchev–Trinajstić information content (AvgIpc) is 3.34. The van der Waals surface area contributed by atoms with Crippen molar-refractivity contribution in [1.82, 2.24) is 9.47 Å². The van der Waals surface area contributed by atoms with Gasteiger partial charge in [-0.25, -0.2) is 0 Å². The third-order valence-electron chi connectivity index (χ3n) is 5.84. The van der Waals surface area contributed by atoms with Crippen LogP contribution in [0.3, 0.4) is 0 Å². The van der Waals surface area contributed by atoms with Crippen LogP contribution in [-0.4, -0.2) is 47.5 Å². The van der Waals surface area contributed by atoms with Crippen LogP contribution in [0.2, 0.25) is 0 Å². The minimum atomic E-state index is -0.460. The first-order chi connectivity index (χ1) is 13.7. The number of piperidine rings is 1. The molecule has 1 amide bonds. The number of ether oxygens (including phenoxy) is 2. The molecule has 144 valence electrons. The van der Waals surface area contributed by atoms with Gasteiger partial charge in [0.1, 0.15) is 0 Å². The number of likely N-dealkylation sites (tertiary alicyclic amines) is 1. The van der Waals surface area contributed by atoms with Crippen LogP contribution in [0.15, 0.2) is 60.8 Å². The number of hydrogen-bond acceptors (Lipinski definition) is 3. The Kier molecular flexibility index (Phi) is 4.41. The zero-order valence-corrected chi connectivity index (χ0v) is 15.8. The predicted octanol–water partition coefficient (Wildman–Crippen LogP) is 3.67. The molecule has 2 aliphatic rings. The highest BCUT2D eigenvalue weighted by Crippen LogP contribution is 2.32. The molecule has 5 heteroatoms. The Hall–Kier alpha value is -2.63. The highest BCUT2D eigenvalue weighted by Gasteiger charge is 2.41. The molecule has 1 aromatic heterocycles. The average molecular weight is 376 g/mol. The van der Waals surface area contributed by atoms with E-state index in [9.17, 15) is 4.79 Å². The fraction of sp³-hybridized carbons (Fsp3) is 0.348. The van der Waals surface area contributed by atoms with Gasteiger partial charge in [0, 0.05) is 49.6 Å². The molecule has 28 heavy (non-hydrogen) atoms. The van der Waals surface area contributed by atoms with Crippen LogP contribution in [0.5, 0.6) is 0 Å². The van der Waals surface area contributed by atoms with Gasteiger partial charge in [-0.05, 0) is 11.6 Å². The molecule has 2 saturated heterocycles. The lowest BCUT2D eigenvalue weighted by Gasteiger charge is -2.37. The van der Waals surface area contributed by atoms with E-state index in [1.54, 1.807) is 0 Å². The van der Waals surface area contributed by atoms with E-state index in [4.69, 9.17) is 9.47 Å². The summed E-state index contributed by atoms with van der Waals surface area (Å²) in [5.41, 5.74) is 3.08. The second kappa shape index (κ2) is 7.08. The molecule has 5 rings (SSSR count). The number of fused-ring (bicyclic) bond motifs is 1. The van der Waals surface area contributed by atoms with Crippen molar-refractivity contribution >= 4 is 16.8 Å². The second-order valence-corrected chi connectivity index (χ2v) is 7.57. The molecule has 0 atom stereocenters. The van der Waals surface area contributed by atoms with E-state index in [1.807, 2.05) is 47.5 Å². The summed E-state index contributed by atoms with van der Waals surface area (Å²) in [7, 11) is 0. The van der Waals surface area contributed by atoms with Gasteiger partial charge in [0.05, 0.1) is 18.8 Å². The number of benzene rings is 2. The zero-order valence-electron chi connectivity index (χ0n) is 15.8. The van der Waals surface area contributed by atoms with Gasteiger partial charge in [0.15, 0.2) is 5.79 Å². The molecular formula is C23H24N2O3. The first-order valence-electron chi connectivity index (χ1n) is 9.93. The fourth-order valence-corrected chi connectivity index (χ4v) is 4.33. The van der Waals surface area contributed by atoms with E-state index in [1.165, 1.54) is 5.56 Å². The molecule has 0 N–H and O–H groups in total. The van der Waals surface area contributed by atoms with Gasteiger partial charge in [-0.1, -0.05) is 48.5 Å². The van der Waals surface area contributed by atoms with Crippen molar-refractivity contribution in [1.29, 1.82) is 0 Å². The summed E-state index contributed by atoms with van der Waals surface area (Å²) in [5, 5.41) is 1.01. The topological polar surface area (TPSA) is 43.7 Å². The summed E-state index contributed by atoms with van der Waals surface area (Å²) < 4.78 is 13.8. The maximum absolute atomic E-state index is 13.3. The van der Waals surface area contributed by atoms with E-state index in [0.717, 1.165) is 35.9 Å². The number of carbonyl (C=O) groups is 1. The van der Waals surface area contributed by atoms with Crippen molar-refractivity contribution in [2.45, 2.75) is 25.2 Å². The molecule has 0 saturated carbocycles. The van der Waals surface area contributed by atoms with E-state index in [-0.39, 0.29) is 5.91 Å². The zero-order chi connectivity index (χ0) is 19.0. The Labute approximate surface area is 164 Å². The molecule has 0 unspecified atom stereocenters. The SMILES string of the molecule is O=C(c1cn(Cc2ccccc2)c2ccccc12)N1CCC2(CC1)OCCO2. The minimum Gasteiger partial charge on any atom is -0.347 e. The van der Waals surface area contributed by atoms with Gasteiger partial charge in [0.2, 0.25) is 0 Å². The lowest BCUT2D eigenvalue weighted by molar-refractivity contribution is -0.181. The third kappa shape index (κ3) is 3.11. The molecule has 3 aromatic rings. The summed E-state index contributed by atoms with van der Waals surface area (Å²) in [4.78, 5) is 15.2. The summed E-state index contributed by atoms with van der Waals surface area (Å²) in [5.74, 6) is -0.367. The number of rotatable bonds is 3. The Morgan fingerprint density at radius 1 is 0.929 bits per heavy atom. The molecule has 2 aromatic carbocycles. The number of nitrogens with zero attached hydrogens (tertiary/aromatic N) is 2. The Bertz CT molecular complexity index is 980. The number of para-hydroxylation sites is 1. The molecule has 3 heterocycles. The Morgan fingerprint density at radius 3 is 2.36 bits per heavy atom. The highest BCUT2D eigenvalue weighted by molar-refractivity contribution is 6.07. The standard InChI is InChI=1S/C23H24N2O3/c26-22(24-12-10-23(11-13-24)27-14-15-28-23)20-17-25(16-18-6-2-1-3-7-18)21-9-5-4-8-19(20)21/h1-9,17H,10-16H2. The largest absolute Gasteiger partial charge is 0.347 e. The Balaban J connectivity index is 1.42. The van der Waals surface area contributed by atoms with Crippen LogP contribution in [-0.2, 0) is 16.0 Å². The second-order valence-electron chi connectivity index (χ2n) is 7.57. The molecule has 2 fully saturated rings. The van der Waals surface area contributed by atoms with Crippen LogP contribution in [0, 0.1) is 0 Å².